The lowest BCUT2D eigenvalue weighted by Gasteiger charge is -2.23. The van der Waals surface area contributed by atoms with Gasteiger partial charge in [-0.1, -0.05) is 12.1 Å². The summed E-state index contributed by atoms with van der Waals surface area (Å²) in [5.74, 6) is 1.80. The third-order valence-electron chi connectivity index (χ3n) is 6.86. The van der Waals surface area contributed by atoms with Crippen molar-refractivity contribution in [3.8, 4) is 16.9 Å². The lowest BCUT2D eigenvalue weighted by Crippen LogP contribution is -2.20. The zero-order chi connectivity index (χ0) is 27.9. The van der Waals surface area contributed by atoms with Crippen LogP contribution >= 0.6 is 7.14 Å². The first-order valence-corrected chi connectivity index (χ1v) is 15.7. The van der Waals surface area contributed by atoms with Crippen molar-refractivity contribution < 1.29 is 9.30 Å². The second kappa shape index (κ2) is 10.4. The molecule has 204 valence electrons. The first kappa shape index (κ1) is 26.8. The van der Waals surface area contributed by atoms with E-state index in [0.29, 0.717) is 11.8 Å². The van der Waals surface area contributed by atoms with Crippen molar-refractivity contribution in [1.82, 2.24) is 19.7 Å². The van der Waals surface area contributed by atoms with E-state index in [1.165, 1.54) is 5.69 Å². The summed E-state index contributed by atoms with van der Waals surface area (Å²) < 4.78 is 21.1. The van der Waals surface area contributed by atoms with E-state index >= 15 is 0 Å². The van der Waals surface area contributed by atoms with E-state index in [1.54, 1.807) is 19.5 Å². The van der Waals surface area contributed by atoms with Gasteiger partial charge in [0.15, 0.2) is 0 Å². The maximum absolute atomic E-state index is 12.9. The van der Waals surface area contributed by atoms with Gasteiger partial charge in [0.25, 0.3) is 0 Å². The fraction of sp³-hybridized carbons (Fsp3) is 0.345. The third kappa shape index (κ3) is 5.50. The summed E-state index contributed by atoms with van der Waals surface area (Å²) >= 11 is 0. The molecule has 10 heteroatoms. The predicted molar refractivity (Wildman–Crippen MR) is 160 cm³/mol. The molecule has 39 heavy (non-hydrogen) atoms. The van der Waals surface area contributed by atoms with Crippen LogP contribution < -0.4 is 25.6 Å². The fourth-order valence-electron chi connectivity index (χ4n) is 4.85. The van der Waals surface area contributed by atoms with Gasteiger partial charge in [0.05, 0.1) is 23.7 Å². The Bertz CT molecular complexity index is 1570. The van der Waals surface area contributed by atoms with Gasteiger partial charge in [-0.25, -0.2) is 4.98 Å². The molecule has 2 aromatic carbocycles. The van der Waals surface area contributed by atoms with Crippen LogP contribution in [0.2, 0.25) is 0 Å². The molecule has 2 N–H and O–H groups in total. The van der Waals surface area contributed by atoms with Crippen LogP contribution in [0.3, 0.4) is 0 Å². The number of fused-ring (bicyclic) bond motifs is 3. The number of nitrogens with zero attached hydrogens (tertiary/aromatic N) is 5. The molecule has 0 aliphatic carbocycles. The van der Waals surface area contributed by atoms with Crippen LogP contribution in [0.25, 0.3) is 11.1 Å². The molecule has 0 saturated carbocycles. The van der Waals surface area contributed by atoms with Gasteiger partial charge >= 0.3 is 0 Å². The average molecular weight is 546 g/mol. The molecule has 1 aliphatic heterocycles. The normalized spacial score (nSPS) is 13.1. The Labute approximate surface area is 230 Å². The summed E-state index contributed by atoms with van der Waals surface area (Å²) in [6.07, 6.45) is 4.60. The molecule has 0 radical (unpaired) electrons. The highest BCUT2D eigenvalue weighted by atomic mass is 31.2. The number of aryl methyl sites for hydroxylation is 2. The zero-order valence-corrected chi connectivity index (χ0v) is 24.5. The van der Waals surface area contributed by atoms with E-state index in [2.05, 4.69) is 44.8 Å². The van der Waals surface area contributed by atoms with Crippen LogP contribution in [0.1, 0.15) is 25.1 Å². The smallest absolute Gasteiger partial charge is 0.229 e. The van der Waals surface area contributed by atoms with Crippen LogP contribution in [0.5, 0.6) is 5.75 Å². The molecule has 0 amide bonds. The second-order valence-electron chi connectivity index (χ2n) is 10.7. The summed E-state index contributed by atoms with van der Waals surface area (Å²) in [6, 6.07) is 11.8. The van der Waals surface area contributed by atoms with Gasteiger partial charge in [-0.05, 0) is 52.3 Å². The van der Waals surface area contributed by atoms with Crippen LogP contribution in [-0.2, 0) is 18.0 Å². The van der Waals surface area contributed by atoms with Gasteiger partial charge in [-0.3, -0.25) is 4.68 Å². The summed E-state index contributed by atoms with van der Waals surface area (Å²) in [7, 11) is 1.61. The van der Waals surface area contributed by atoms with Gasteiger partial charge in [0, 0.05) is 72.7 Å². The minimum atomic E-state index is -2.49. The number of aromatic nitrogens is 4. The van der Waals surface area contributed by atoms with E-state index in [9.17, 15) is 4.57 Å². The Morgan fingerprint density at radius 1 is 1.03 bits per heavy atom. The Morgan fingerprint density at radius 2 is 1.79 bits per heavy atom. The van der Waals surface area contributed by atoms with Gasteiger partial charge in [-0.15, -0.1) is 0 Å². The summed E-state index contributed by atoms with van der Waals surface area (Å²) in [5.41, 5.74) is 6.91. The molecule has 0 bridgehead atoms. The Hall–Kier alpha value is -3.84. The average Bonchev–Trinajstić information content (AvgIpc) is 3.18. The molecule has 0 saturated heterocycles. The standard InChI is InChI=1S/C29H36N7O2P/c1-18(2)38-26-15-25-20(21-17-31-36(5)24(21)12-13-35(25)4)14-23(26)33-29-30-16-19(3)28(34-29)32-22-10-8-9-11-27(22)39(6,7)37/h8-11,14-18H,12-13H2,1-7H3,(H2,30,32,33,34). The third-order valence-corrected chi connectivity index (χ3v) is 8.41. The predicted octanol–water partition coefficient (Wildman–Crippen LogP) is 5.70. The van der Waals surface area contributed by atoms with Gasteiger partial charge in [0.1, 0.15) is 18.7 Å². The first-order chi connectivity index (χ1) is 18.5. The van der Waals surface area contributed by atoms with Crippen LogP contribution in [-0.4, -0.2) is 52.8 Å². The van der Waals surface area contributed by atoms with Crippen molar-refractivity contribution >= 4 is 41.3 Å². The number of benzene rings is 2. The quantitative estimate of drug-likeness (QED) is 0.286. The molecule has 9 nitrogen and oxygen atoms in total. The Morgan fingerprint density at radius 3 is 2.54 bits per heavy atom. The number of likely N-dealkylation sites (N-methyl/N-ethyl adjacent to an activating group) is 1. The molecule has 1 aliphatic rings. The molecule has 0 atom stereocenters. The molecular formula is C29H36N7O2P. The molecule has 3 heterocycles. The molecule has 2 aromatic heterocycles. The number of anilines is 5. The second-order valence-corrected chi connectivity index (χ2v) is 13.9. The Kier molecular flexibility index (Phi) is 7.12. The topological polar surface area (TPSA) is 97.2 Å². The minimum absolute atomic E-state index is 0.0138. The van der Waals surface area contributed by atoms with Gasteiger partial charge in [-0.2, -0.15) is 10.1 Å². The van der Waals surface area contributed by atoms with Crippen LogP contribution in [0, 0.1) is 6.92 Å². The number of rotatable bonds is 7. The maximum atomic E-state index is 12.9. The van der Waals surface area contributed by atoms with Crippen molar-refractivity contribution in [1.29, 1.82) is 0 Å². The number of hydrogen-bond donors (Lipinski definition) is 2. The van der Waals surface area contributed by atoms with E-state index in [1.807, 2.05) is 63.0 Å². The minimum Gasteiger partial charge on any atom is -0.489 e. The van der Waals surface area contributed by atoms with Gasteiger partial charge < -0.3 is 24.8 Å². The number of para-hydroxylation sites is 1. The Balaban J connectivity index is 1.56. The van der Waals surface area contributed by atoms with Crippen molar-refractivity contribution in [2.75, 3.05) is 42.5 Å². The number of nitrogens with one attached hydrogen (secondary N) is 2. The highest BCUT2D eigenvalue weighted by Gasteiger charge is 2.24. The molecular weight excluding hydrogens is 509 g/mol. The molecule has 0 fully saturated rings. The largest absolute Gasteiger partial charge is 0.489 e. The van der Waals surface area contributed by atoms with Crippen LogP contribution in [0.15, 0.2) is 48.8 Å². The highest BCUT2D eigenvalue weighted by Crippen LogP contribution is 2.43. The van der Waals surface area contributed by atoms with Crippen molar-refractivity contribution in [3.63, 3.8) is 0 Å². The summed E-state index contributed by atoms with van der Waals surface area (Å²) in [4.78, 5) is 11.6. The lowest BCUT2D eigenvalue weighted by molar-refractivity contribution is 0.244. The summed E-state index contributed by atoms with van der Waals surface area (Å²) in [5, 5.41) is 12.1. The maximum Gasteiger partial charge on any atom is 0.229 e. The lowest BCUT2D eigenvalue weighted by atomic mass is 10.0. The van der Waals surface area contributed by atoms with Crippen molar-refractivity contribution in [2.24, 2.45) is 7.05 Å². The SMILES string of the molecule is Cc1cnc(Nc2cc3c(cc2OC(C)C)N(C)CCc2c-3cnn2C)nc1Nc1ccccc1P(C)(C)=O. The van der Waals surface area contributed by atoms with E-state index < -0.39 is 7.14 Å². The number of ether oxygens (including phenoxy) is 1. The van der Waals surface area contributed by atoms with Crippen molar-refractivity contribution in [2.45, 2.75) is 33.3 Å². The van der Waals surface area contributed by atoms with Crippen LogP contribution in [0.4, 0.5) is 28.8 Å². The van der Waals surface area contributed by atoms with Crippen molar-refractivity contribution in [3.05, 3.63) is 60.0 Å². The zero-order valence-electron chi connectivity index (χ0n) is 23.6. The molecule has 4 aromatic rings. The van der Waals surface area contributed by atoms with E-state index in [-0.39, 0.29) is 6.10 Å². The highest BCUT2D eigenvalue weighted by molar-refractivity contribution is 7.70. The van der Waals surface area contributed by atoms with E-state index in [4.69, 9.17) is 9.72 Å². The molecule has 5 rings (SSSR count). The van der Waals surface area contributed by atoms with Gasteiger partial charge in [0.2, 0.25) is 5.95 Å². The molecule has 0 unspecified atom stereocenters. The van der Waals surface area contributed by atoms with E-state index in [0.717, 1.165) is 57.8 Å². The monoisotopic (exact) mass is 545 g/mol. The first-order valence-electron chi connectivity index (χ1n) is 13.1. The molecule has 0 spiro atoms. The summed E-state index contributed by atoms with van der Waals surface area (Å²) in [6.45, 7) is 10.4. The fourth-order valence-corrected chi connectivity index (χ4v) is 6.01. The number of hydrogen-bond acceptors (Lipinski definition) is 8.